The van der Waals surface area contributed by atoms with Gasteiger partial charge in [0.15, 0.2) is 0 Å². The summed E-state index contributed by atoms with van der Waals surface area (Å²) in [5.41, 5.74) is 0. The number of aliphatic hydroxyl groups excluding tert-OH is 1. The highest BCUT2D eigenvalue weighted by Crippen LogP contribution is 2.23. The molecular weight excluding hydrogens is 137 g/mol. The van der Waals surface area contributed by atoms with E-state index in [1.807, 2.05) is 0 Å². The zero-order chi connectivity index (χ0) is 7.14. The number of ether oxygens (including phenoxy) is 1. The predicted octanol–water partition coefficient (Wildman–Crippen LogP) is -0.944. The van der Waals surface area contributed by atoms with Gasteiger partial charge in [0.2, 0.25) is 0 Å². The van der Waals surface area contributed by atoms with Crippen molar-refractivity contribution in [2.75, 3.05) is 13.2 Å². The first-order valence-corrected chi connectivity index (χ1v) is 3.46. The molecule has 2 N–H and O–H groups in total. The second-order valence-corrected chi connectivity index (χ2v) is 2.82. The largest absolute Gasteiger partial charge is 0.389 e. The average molecular weight is 147 g/mol. The number of hydrogen-bond donors (Lipinski definition) is 2. The summed E-state index contributed by atoms with van der Waals surface area (Å²) in [7, 11) is 0. The highest BCUT2D eigenvalue weighted by Gasteiger charge is 2.45. The van der Waals surface area contributed by atoms with E-state index in [2.05, 4.69) is 5.32 Å². The Morgan fingerprint density at radius 3 is 3.10 bits per heavy atom. The molecule has 2 fully saturated rings. The molecule has 0 bridgehead atoms. The predicted molar refractivity (Wildman–Crippen MR) is 32.4 cm³/mol. The molecule has 0 aromatic rings. The van der Waals surface area contributed by atoms with Gasteiger partial charge in [0, 0.05) is 6.54 Å². The normalized spacial score (nSPS) is 53.4. The van der Waals surface area contributed by atoms with E-state index >= 15 is 0 Å². The van der Waals surface area contributed by atoms with E-state index < -0.39 is 18.4 Å². The van der Waals surface area contributed by atoms with Gasteiger partial charge in [0.05, 0.1) is 18.8 Å². The van der Waals surface area contributed by atoms with Crippen molar-refractivity contribution in [2.45, 2.75) is 24.4 Å². The summed E-state index contributed by atoms with van der Waals surface area (Å²) in [5, 5.41) is 12.0. The maximum atomic E-state index is 12.8. The molecule has 1 unspecified atom stereocenters. The lowest BCUT2D eigenvalue weighted by Gasteiger charge is -2.09. The van der Waals surface area contributed by atoms with E-state index in [4.69, 9.17) is 9.84 Å². The van der Waals surface area contributed by atoms with Crippen LogP contribution >= 0.6 is 0 Å². The minimum atomic E-state index is -0.942. The van der Waals surface area contributed by atoms with Crippen LogP contribution in [0.3, 0.4) is 0 Å². The SMILES string of the molecule is O[C@H]1COC2[C@@H](F)CN[C@@H]21. The third kappa shape index (κ3) is 0.761. The van der Waals surface area contributed by atoms with Crippen molar-refractivity contribution in [1.29, 1.82) is 0 Å². The molecule has 0 aliphatic carbocycles. The Morgan fingerprint density at radius 1 is 1.60 bits per heavy atom. The molecule has 0 aromatic heterocycles. The molecule has 4 heteroatoms. The van der Waals surface area contributed by atoms with Crippen LogP contribution in [0.2, 0.25) is 0 Å². The zero-order valence-electron chi connectivity index (χ0n) is 5.46. The van der Waals surface area contributed by atoms with E-state index in [-0.39, 0.29) is 12.6 Å². The van der Waals surface area contributed by atoms with Crippen LogP contribution in [0.1, 0.15) is 0 Å². The Morgan fingerprint density at radius 2 is 2.40 bits per heavy atom. The standard InChI is InChI=1S/C6H10FNO2/c7-3-1-8-5-4(9)2-10-6(3)5/h3-6,8-9H,1-2H2/t3-,4-,5+,6?/m0/s1. The highest BCUT2D eigenvalue weighted by molar-refractivity contribution is 4.99. The second-order valence-electron chi connectivity index (χ2n) is 2.82. The van der Waals surface area contributed by atoms with Crippen LogP contribution in [0.15, 0.2) is 0 Å². The molecule has 3 nitrogen and oxygen atoms in total. The van der Waals surface area contributed by atoms with Crippen LogP contribution in [0.5, 0.6) is 0 Å². The molecular formula is C6H10FNO2. The number of alkyl halides is 1. The molecule has 2 heterocycles. The van der Waals surface area contributed by atoms with Crippen molar-refractivity contribution >= 4 is 0 Å². The van der Waals surface area contributed by atoms with E-state index in [1.54, 1.807) is 0 Å². The first-order chi connectivity index (χ1) is 4.79. The number of hydrogen-bond acceptors (Lipinski definition) is 3. The van der Waals surface area contributed by atoms with Crippen molar-refractivity contribution in [2.24, 2.45) is 0 Å². The Labute approximate surface area is 58.2 Å². The highest BCUT2D eigenvalue weighted by atomic mass is 19.1. The summed E-state index contributed by atoms with van der Waals surface area (Å²) < 4.78 is 17.8. The van der Waals surface area contributed by atoms with Crippen LogP contribution in [0.25, 0.3) is 0 Å². The number of rotatable bonds is 0. The monoisotopic (exact) mass is 147 g/mol. The summed E-state index contributed by atoms with van der Waals surface area (Å²) in [6.07, 6.45) is -1.87. The first-order valence-electron chi connectivity index (χ1n) is 3.46. The lowest BCUT2D eigenvalue weighted by Crippen LogP contribution is -2.36. The van der Waals surface area contributed by atoms with Crippen LogP contribution < -0.4 is 5.32 Å². The van der Waals surface area contributed by atoms with Gasteiger partial charge in [-0.15, -0.1) is 0 Å². The van der Waals surface area contributed by atoms with E-state index in [0.29, 0.717) is 6.54 Å². The number of nitrogens with one attached hydrogen (secondary N) is 1. The number of halogens is 1. The molecule has 2 aliphatic heterocycles. The maximum Gasteiger partial charge on any atom is 0.140 e. The van der Waals surface area contributed by atoms with E-state index in [1.165, 1.54) is 0 Å². The molecule has 4 atom stereocenters. The van der Waals surface area contributed by atoms with Crippen molar-refractivity contribution < 1.29 is 14.2 Å². The minimum Gasteiger partial charge on any atom is -0.389 e. The van der Waals surface area contributed by atoms with E-state index in [0.717, 1.165) is 0 Å². The quantitative estimate of drug-likeness (QED) is 0.464. The number of aliphatic hydroxyl groups is 1. The van der Waals surface area contributed by atoms with Gasteiger partial charge in [0.25, 0.3) is 0 Å². The van der Waals surface area contributed by atoms with Gasteiger partial charge in [-0.3, -0.25) is 0 Å². The summed E-state index contributed by atoms with van der Waals surface area (Å²) >= 11 is 0. The fourth-order valence-corrected chi connectivity index (χ4v) is 1.58. The van der Waals surface area contributed by atoms with Gasteiger partial charge >= 0.3 is 0 Å². The first kappa shape index (κ1) is 6.52. The smallest absolute Gasteiger partial charge is 0.140 e. The zero-order valence-corrected chi connectivity index (χ0v) is 5.46. The molecule has 2 saturated heterocycles. The van der Waals surface area contributed by atoms with Gasteiger partial charge in [-0.25, -0.2) is 4.39 Å². The van der Waals surface area contributed by atoms with Gasteiger partial charge in [-0.05, 0) is 0 Å². The summed E-state index contributed by atoms with van der Waals surface area (Å²) in [5.74, 6) is 0. The van der Waals surface area contributed by atoms with Crippen LogP contribution in [-0.2, 0) is 4.74 Å². The Bertz CT molecular complexity index is 128. The van der Waals surface area contributed by atoms with Crippen LogP contribution in [-0.4, -0.2) is 42.7 Å². The molecule has 0 amide bonds. The topological polar surface area (TPSA) is 41.5 Å². The summed E-state index contributed by atoms with van der Waals surface area (Å²) in [6, 6.07) is -0.171. The van der Waals surface area contributed by atoms with Gasteiger partial charge in [-0.1, -0.05) is 0 Å². The molecule has 2 aliphatic rings. The third-order valence-electron chi connectivity index (χ3n) is 2.13. The van der Waals surface area contributed by atoms with Crippen molar-refractivity contribution in [3.05, 3.63) is 0 Å². The minimum absolute atomic E-state index is 0.171. The molecule has 0 saturated carbocycles. The van der Waals surface area contributed by atoms with Crippen molar-refractivity contribution in [1.82, 2.24) is 5.32 Å². The molecule has 10 heavy (non-hydrogen) atoms. The lowest BCUT2D eigenvalue weighted by atomic mass is 10.1. The van der Waals surface area contributed by atoms with Gasteiger partial charge in [-0.2, -0.15) is 0 Å². The lowest BCUT2D eigenvalue weighted by molar-refractivity contribution is 0.0496. The van der Waals surface area contributed by atoms with Gasteiger partial charge in [0.1, 0.15) is 12.3 Å². The Hall–Kier alpha value is -0.190. The van der Waals surface area contributed by atoms with Crippen molar-refractivity contribution in [3.63, 3.8) is 0 Å². The van der Waals surface area contributed by atoms with Gasteiger partial charge < -0.3 is 15.2 Å². The fraction of sp³-hybridized carbons (Fsp3) is 1.00. The maximum absolute atomic E-state index is 12.8. The number of fused-ring (bicyclic) bond motifs is 1. The second kappa shape index (κ2) is 2.15. The van der Waals surface area contributed by atoms with Crippen LogP contribution in [0.4, 0.5) is 4.39 Å². The van der Waals surface area contributed by atoms with Crippen molar-refractivity contribution in [3.8, 4) is 0 Å². The molecule has 0 spiro atoms. The summed E-state index contributed by atoms with van der Waals surface area (Å²) in [4.78, 5) is 0. The average Bonchev–Trinajstić information content (AvgIpc) is 2.41. The molecule has 0 radical (unpaired) electrons. The Balaban J connectivity index is 2.09. The van der Waals surface area contributed by atoms with Crippen LogP contribution in [0, 0.1) is 0 Å². The fourth-order valence-electron chi connectivity index (χ4n) is 1.58. The Kier molecular flexibility index (Phi) is 1.40. The van der Waals surface area contributed by atoms with E-state index in [9.17, 15) is 4.39 Å². The molecule has 58 valence electrons. The molecule has 0 aromatic carbocycles. The molecule has 2 rings (SSSR count). The summed E-state index contributed by atoms with van der Waals surface area (Å²) in [6.45, 7) is 0.579. The third-order valence-corrected chi connectivity index (χ3v) is 2.13.